The molecule has 0 aliphatic heterocycles. The second-order valence-electron chi connectivity index (χ2n) is 9.43. The van der Waals surface area contributed by atoms with Crippen LogP contribution in [0.2, 0.25) is 0 Å². The number of rotatable bonds is 16. The maximum atomic E-state index is 12.5. The predicted molar refractivity (Wildman–Crippen MR) is 160 cm³/mol. The number of hydrogen-bond donors (Lipinski definition) is 3. The minimum absolute atomic E-state index is 0.208. The second kappa shape index (κ2) is 18.2. The van der Waals surface area contributed by atoms with Gasteiger partial charge in [0.05, 0.1) is 18.9 Å². The first-order valence-corrected chi connectivity index (χ1v) is 13.5. The highest BCUT2D eigenvalue weighted by Gasteiger charge is 2.20. The van der Waals surface area contributed by atoms with E-state index in [1.54, 1.807) is 58.8 Å². The fraction of sp³-hybridized carbons (Fsp3) is 0.483. The van der Waals surface area contributed by atoms with Crippen molar-refractivity contribution < 1.29 is 19.1 Å². The first kappa shape index (κ1) is 33.0. The van der Waals surface area contributed by atoms with Crippen LogP contribution in [-0.2, 0) is 14.3 Å². The lowest BCUT2D eigenvalue weighted by atomic mass is 10.2. The Bertz CT molecular complexity index is 1210. The highest BCUT2D eigenvalue weighted by atomic mass is 16.5. The number of likely N-dealkylation sites (N-methyl/N-ethyl adjacent to an activating group) is 2. The highest BCUT2D eigenvalue weighted by Crippen LogP contribution is 2.19. The summed E-state index contributed by atoms with van der Waals surface area (Å²) in [6.45, 7) is 4.10. The number of pyridine rings is 1. The Morgan fingerprint density at radius 2 is 1.95 bits per heavy atom. The van der Waals surface area contributed by atoms with Crippen molar-refractivity contribution in [3.63, 3.8) is 0 Å². The van der Waals surface area contributed by atoms with Gasteiger partial charge >= 0.3 is 0 Å². The molecule has 2 heterocycles. The van der Waals surface area contributed by atoms with Gasteiger partial charge in [0.2, 0.25) is 23.6 Å². The molecule has 0 radical (unpaired) electrons. The third kappa shape index (κ3) is 12.2. The van der Waals surface area contributed by atoms with Crippen molar-refractivity contribution in [2.45, 2.75) is 32.2 Å². The molecule has 2 amide bonds. The maximum Gasteiger partial charge on any atom is 0.246 e. The molecule has 2 aromatic heterocycles. The summed E-state index contributed by atoms with van der Waals surface area (Å²) >= 11 is 0. The van der Waals surface area contributed by atoms with Gasteiger partial charge in [0.1, 0.15) is 11.9 Å². The molecule has 0 aliphatic carbocycles. The molecule has 3 N–H and O–H groups in total. The molecule has 222 valence electrons. The summed E-state index contributed by atoms with van der Waals surface area (Å²) in [4.78, 5) is 41.2. The van der Waals surface area contributed by atoms with E-state index in [1.807, 2.05) is 19.0 Å². The molecule has 12 nitrogen and oxygen atoms in total. The van der Waals surface area contributed by atoms with Gasteiger partial charge < -0.3 is 35.2 Å². The number of unbranched alkanes of at least 4 members (excludes halogenated alkanes) is 1. The van der Waals surface area contributed by atoms with Crippen LogP contribution < -0.4 is 20.7 Å². The van der Waals surface area contributed by atoms with Crippen molar-refractivity contribution in [2.24, 2.45) is 0 Å². The van der Waals surface area contributed by atoms with Crippen LogP contribution in [0.1, 0.15) is 31.7 Å². The van der Waals surface area contributed by atoms with Gasteiger partial charge in [-0.15, -0.1) is 0 Å². The van der Waals surface area contributed by atoms with Crippen LogP contribution in [0.5, 0.6) is 5.88 Å². The summed E-state index contributed by atoms with van der Waals surface area (Å²) in [5, 5.41) is 9.34. The normalized spacial score (nSPS) is 11.5. The van der Waals surface area contributed by atoms with Gasteiger partial charge in [-0.3, -0.25) is 9.59 Å². The minimum Gasteiger partial charge on any atom is -0.481 e. The van der Waals surface area contributed by atoms with Crippen LogP contribution >= 0.6 is 0 Å². The third-order valence-corrected chi connectivity index (χ3v) is 5.85. The van der Waals surface area contributed by atoms with E-state index < -0.39 is 6.04 Å². The van der Waals surface area contributed by atoms with Gasteiger partial charge in [-0.2, -0.15) is 4.98 Å². The number of amides is 2. The van der Waals surface area contributed by atoms with Crippen molar-refractivity contribution >= 4 is 29.3 Å². The first-order chi connectivity index (χ1) is 19.7. The van der Waals surface area contributed by atoms with Crippen LogP contribution in [-0.4, -0.2) is 104 Å². The van der Waals surface area contributed by atoms with E-state index in [0.29, 0.717) is 62.3 Å². The SMILES string of the molecule is COCCCNc1nc(Nc2ccnc(OC)c2)ncc1C#CCCCNC(=O)C(C)N(C)C(=O)/C=C/CN(C)C. The summed E-state index contributed by atoms with van der Waals surface area (Å²) < 4.78 is 10.3. The Morgan fingerprint density at radius 3 is 2.68 bits per heavy atom. The van der Waals surface area contributed by atoms with E-state index in [4.69, 9.17) is 9.47 Å². The molecule has 2 aromatic rings. The summed E-state index contributed by atoms with van der Waals surface area (Å²) in [6, 6.07) is 2.97. The molecule has 0 saturated carbocycles. The molecule has 1 atom stereocenters. The molecule has 0 spiro atoms. The van der Waals surface area contributed by atoms with Crippen LogP contribution in [0.3, 0.4) is 0 Å². The Morgan fingerprint density at radius 1 is 1.15 bits per heavy atom. The van der Waals surface area contributed by atoms with Gasteiger partial charge in [0.25, 0.3) is 0 Å². The Kier molecular flexibility index (Phi) is 14.6. The van der Waals surface area contributed by atoms with Crippen LogP contribution in [0, 0.1) is 11.8 Å². The number of anilines is 3. The molecule has 2 rings (SSSR count). The molecule has 0 saturated heterocycles. The molecular formula is C29H42N8O4. The van der Waals surface area contributed by atoms with Crippen LogP contribution in [0.15, 0.2) is 36.7 Å². The van der Waals surface area contributed by atoms with E-state index in [2.05, 4.69) is 42.7 Å². The van der Waals surface area contributed by atoms with Gasteiger partial charge in [-0.05, 0) is 39.9 Å². The fourth-order valence-corrected chi connectivity index (χ4v) is 3.36. The van der Waals surface area contributed by atoms with E-state index >= 15 is 0 Å². The minimum atomic E-state index is -0.582. The number of hydrogen-bond acceptors (Lipinski definition) is 10. The smallest absolute Gasteiger partial charge is 0.246 e. The molecule has 1 unspecified atom stereocenters. The first-order valence-electron chi connectivity index (χ1n) is 13.5. The monoisotopic (exact) mass is 566 g/mol. The zero-order chi connectivity index (χ0) is 30.0. The largest absolute Gasteiger partial charge is 0.481 e. The van der Waals surface area contributed by atoms with Crippen molar-refractivity contribution in [1.82, 2.24) is 30.1 Å². The van der Waals surface area contributed by atoms with E-state index in [0.717, 1.165) is 12.1 Å². The molecule has 0 fully saturated rings. The Hall–Kier alpha value is -4.21. The number of carbonyl (C=O) groups excluding carboxylic acids is 2. The number of carbonyl (C=O) groups is 2. The van der Waals surface area contributed by atoms with Crippen LogP contribution in [0.25, 0.3) is 0 Å². The summed E-state index contributed by atoms with van der Waals surface area (Å²) in [6.07, 6.45) is 8.60. The summed E-state index contributed by atoms with van der Waals surface area (Å²) in [5.74, 6) is 7.35. The van der Waals surface area contributed by atoms with Crippen LogP contribution in [0.4, 0.5) is 17.5 Å². The lowest BCUT2D eigenvalue weighted by Crippen LogP contribution is -2.45. The predicted octanol–water partition coefficient (Wildman–Crippen LogP) is 2.28. The number of ether oxygens (including phenoxy) is 2. The quantitative estimate of drug-likeness (QED) is 0.158. The van der Waals surface area contributed by atoms with Gasteiger partial charge in [0, 0.05) is 70.8 Å². The summed E-state index contributed by atoms with van der Waals surface area (Å²) in [5.41, 5.74) is 1.41. The molecule has 0 bridgehead atoms. The topological polar surface area (TPSA) is 134 Å². The molecule has 0 aromatic carbocycles. The standard InChI is InChI=1S/C29H42N8O4/c1-22(37(4)26(38)13-10-18-36(2)3)28(39)32-15-9-7-8-12-23-21-33-29(35-27(23)31-16-11-19-40-5)34-24-14-17-30-25(20-24)41-6/h10,13-14,17,20-22H,7,9,11,15-16,18-19H2,1-6H3,(H,32,39)(H2,30,31,33,34,35)/b13-10+. The number of nitrogens with zero attached hydrogens (tertiary/aromatic N) is 5. The number of nitrogens with one attached hydrogen (secondary N) is 3. The third-order valence-electron chi connectivity index (χ3n) is 5.85. The van der Waals surface area contributed by atoms with Crippen molar-refractivity contribution in [2.75, 3.05) is 72.2 Å². The Labute approximate surface area is 242 Å². The Balaban J connectivity index is 1.92. The average molecular weight is 567 g/mol. The van der Waals surface area contributed by atoms with Crippen molar-refractivity contribution in [3.8, 4) is 17.7 Å². The molecule has 0 aliphatic rings. The van der Waals surface area contributed by atoms with Gasteiger partial charge in [-0.1, -0.05) is 17.9 Å². The summed E-state index contributed by atoms with van der Waals surface area (Å²) in [7, 11) is 8.68. The zero-order valence-corrected chi connectivity index (χ0v) is 24.9. The second-order valence-corrected chi connectivity index (χ2v) is 9.43. The molecule has 41 heavy (non-hydrogen) atoms. The number of methoxy groups -OCH3 is 2. The maximum absolute atomic E-state index is 12.5. The zero-order valence-electron chi connectivity index (χ0n) is 24.9. The fourth-order valence-electron chi connectivity index (χ4n) is 3.36. The highest BCUT2D eigenvalue weighted by molar-refractivity contribution is 5.92. The number of aromatic nitrogens is 3. The lowest BCUT2D eigenvalue weighted by Gasteiger charge is -2.23. The average Bonchev–Trinajstić information content (AvgIpc) is 2.96. The van der Waals surface area contributed by atoms with E-state index in [-0.39, 0.29) is 11.8 Å². The van der Waals surface area contributed by atoms with E-state index in [1.165, 1.54) is 11.0 Å². The lowest BCUT2D eigenvalue weighted by molar-refractivity contribution is -0.135. The van der Waals surface area contributed by atoms with Gasteiger partial charge in [-0.25, -0.2) is 9.97 Å². The van der Waals surface area contributed by atoms with Gasteiger partial charge in [0.15, 0.2) is 0 Å². The molecule has 12 heteroatoms. The van der Waals surface area contributed by atoms with Crippen molar-refractivity contribution in [1.29, 1.82) is 0 Å². The molecular weight excluding hydrogens is 524 g/mol. The van der Waals surface area contributed by atoms with Crippen molar-refractivity contribution in [3.05, 3.63) is 42.2 Å². The van der Waals surface area contributed by atoms with E-state index in [9.17, 15) is 9.59 Å².